The predicted octanol–water partition coefficient (Wildman–Crippen LogP) is 7.93. The van der Waals surface area contributed by atoms with E-state index in [-0.39, 0.29) is 17.6 Å². The molecule has 0 bridgehead atoms. The molecule has 0 aliphatic rings. The number of aromatic nitrogens is 3. The van der Waals surface area contributed by atoms with Crippen molar-refractivity contribution in [3.05, 3.63) is 91.2 Å². The lowest BCUT2D eigenvalue weighted by atomic mass is 10.1. The highest BCUT2D eigenvalue weighted by Gasteiger charge is 2.10. The third-order valence-electron chi connectivity index (χ3n) is 4.92. The zero-order valence-corrected chi connectivity index (χ0v) is 24.2. The molecule has 2 aromatic rings. The molecule has 0 amide bonds. The van der Waals surface area contributed by atoms with Gasteiger partial charge in [0.1, 0.15) is 5.83 Å². The van der Waals surface area contributed by atoms with Gasteiger partial charge >= 0.3 is 0 Å². The van der Waals surface area contributed by atoms with Crippen molar-refractivity contribution in [3.8, 4) is 11.3 Å². The van der Waals surface area contributed by atoms with Gasteiger partial charge in [0.15, 0.2) is 11.8 Å². The van der Waals surface area contributed by atoms with E-state index in [0.29, 0.717) is 19.4 Å². The summed E-state index contributed by atoms with van der Waals surface area (Å²) in [6, 6.07) is 3.92. The molecule has 2 heterocycles. The highest BCUT2D eigenvalue weighted by molar-refractivity contribution is 5.89. The molecule has 0 aliphatic heterocycles. The summed E-state index contributed by atoms with van der Waals surface area (Å²) in [5.41, 5.74) is 5.18. The number of ether oxygens (including phenoxy) is 1. The number of rotatable bonds is 12. The number of likely N-dealkylation sites (N-methyl/N-ethyl adjacent to an activating group) is 1. The Bertz CT molecular complexity index is 1100. The Morgan fingerprint density at radius 1 is 1.15 bits per heavy atom. The summed E-state index contributed by atoms with van der Waals surface area (Å²) in [6.07, 6.45) is 15.3. The van der Waals surface area contributed by atoms with Gasteiger partial charge in [-0.3, -0.25) is 20.9 Å². The fourth-order valence-corrected chi connectivity index (χ4v) is 3.00. The van der Waals surface area contributed by atoms with Crippen molar-refractivity contribution in [2.24, 2.45) is 0 Å². The maximum absolute atomic E-state index is 12.7. The van der Waals surface area contributed by atoms with Crippen LogP contribution in [0.4, 0.5) is 4.39 Å². The van der Waals surface area contributed by atoms with Crippen LogP contribution in [0.15, 0.2) is 80.0 Å². The summed E-state index contributed by atoms with van der Waals surface area (Å²) >= 11 is 0. The van der Waals surface area contributed by atoms with Crippen LogP contribution in [-0.2, 0) is 11.2 Å². The average Bonchev–Trinajstić information content (AvgIpc) is 3.33. The molecule has 0 radical (unpaired) electrons. The summed E-state index contributed by atoms with van der Waals surface area (Å²) in [5.74, 6) is 0.0836. The summed E-state index contributed by atoms with van der Waals surface area (Å²) in [6.45, 7) is 17.5. The standard InChI is InChI=1S/C12H13N3.C10H18N2O.C9H14FN/c1-3-10-11(4-2)14-15-12(10)9-5-7-13-8-6-9;1-4-5-6-9(11)13-10(12)7-8(2)3;1-4-5-6-9(10)7-8-11(2)3/h4-8H,2-3H2,1H3,(H,14,15);11-12H,2,4-7H2,1,3H3;4-7H,1,8H2,2-3H3/b;;6-5-,9-7-. The number of aromatic amines is 1. The molecule has 39 heavy (non-hydrogen) atoms. The molecule has 0 unspecified atom stereocenters. The smallest absolute Gasteiger partial charge is 0.193 e. The van der Waals surface area contributed by atoms with Crippen molar-refractivity contribution >= 4 is 17.9 Å². The zero-order chi connectivity index (χ0) is 29.6. The molecule has 0 fully saturated rings. The van der Waals surface area contributed by atoms with Crippen LogP contribution in [0.1, 0.15) is 57.7 Å². The van der Waals surface area contributed by atoms with Crippen LogP contribution in [0, 0.1) is 10.8 Å². The summed E-state index contributed by atoms with van der Waals surface area (Å²) in [4.78, 5) is 5.89. The lowest BCUT2D eigenvalue weighted by Crippen LogP contribution is -2.10. The molecular weight excluding hydrogens is 491 g/mol. The minimum absolute atomic E-state index is 0.119. The van der Waals surface area contributed by atoms with Gasteiger partial charge in [0, 0.05) is 42.9 Å². The van der Waals surface area contributed by atoms with Crippen molar-refractivity contribution < 1.29 is 9.13 Å². The molecule has 8 heteroatoms. The first kappa shape index (κ1) is 35.1. The second-order valence-corrected chi connectivity index (χ2v) is 8.89. The number of nitrogens with one attached hydrogen (secondary N) is 3. The van der Waals surface area contributed by atoms with Gasteiger partial charge in [0.2, 0.25) is 0 Å². The SMILES string of the molecule is C=C(C)CC(=N)OC(=N)CCCC.C=C/C=C\C(F)=C\CN(C)C.C=Cc1[nH]nc(-c2ccncc2)c1CC. The van der Waals surface area contributed by atoms with E-state index < -0.39 is 0 Å². The van der Waals surface area contributed by atoms with Crippen LogP contribution in [0.3, 0.4) is 0 Å². The second kappa shape index (κ2) is 21.1. The van der Waals surface area contributed by atoms with Crippen molar-refractivity contribution in [3.63, 3.8) is 0 Å². The Hall–Kier alpha value is -3.91. The van der Waals surface area contributed by atoms with Gasteiger partial charge in [-0.25, -0.2) is 4.39 Å². The number of hydrogen-bond acceptors (Lipinski definition) is 6. The summed E-state index contributed by atoms with van der Waals surface area (Å²) < 4.78 is 17.6. The van der Waals surface area contributed by atoms with Crippen molar-refractivity contribution in [2.75, 3.05) is 20.6 Å². The Balaban J connectivity index is 0.000000564. The van der Waals surface area contributed by atoms with Gasteiger partial charge in [-0.1, -0.05) is 57.7 Å². The molecule has 0 atom stereocenters. The van der Waals surface area contributed by atoms with Crippen molar-refractivity contribution in [2.45, 2.75) is 52.9 Å². The van der Waals surface area contributed by atoms with E-state index in [4.69, 9.17) is 15.6 Å². The fourth-order valence-electron chi connectivity index (χ4n) is 3.00. The van der Waals surface area contributed by atoms with E-state index in [2.05, 4.69) is 48.8 Å². The lowest BCUT2D eigenvalue weighted by Gasteiger charge is -2.06. The molecule has 2 aromatic heterocycles. The van der Waals surface area contributed by atoms with E-state index in [1.807, 2.05) is 38.1 Å². The minimum atomic E-state index is -0.224. The van der Waals surface area contributed by atoms with Gasteiger partial charge < -0.3 is 9.64 Å². The number of H-pyrrole nitrogens is 1. The molecule has 212 valence electrons. The Labute approximate surface area is 233 Å². The number of hydrogen-bond donors (Lipinski definition) is 3. The Morgan fingerprint density at radius 3 is 2.33 bits per heavy atom. The van der Waals surface area contributed by atoms with Crippen LogP contribution in [0.2, 0.25) is 0 Å². The number of halogens is 1. The van der Waals surface area contributed by atoms with Gasteiger partial charge in [-0.05, 0) is 64.2 Å². The second-order valence-electron chi connectivity index (χ2n) is 8.89. The van der Waals surface area contributed by atoms with Gasteiger partial charge in [0.05, 0.1) is 11.4 Å². The largest absolute Gasteiger partial charge is 0.429 e. The van der Waals surface area contributed by atoms with Crippen LogP contribution in [0.5, 0.6) is 0 Å². The first-order chi connectivity index (χ1) is 18.6. The zero-order valence-electron chi connectivity index (χ0n) is 24.2. The highest BCUT2D eigenvalue weighted by Crippen LogP contribution is 2.24. The van der Waals surface area contributed by atoms with Crippen LogP contribution < -0.4 is 0 Å². The normalized spacial score (nSPS) is 10.7. The maximum Gasteiger partial charge on any atom is 0.193 e. The molecule has 7 nitrogen and oxygen atoms in total. The van der Waals surface area contributed by atoms with Gasteiger partial charge in [-0.15, -0.1) is 0 Å². The van der Waals surface area contributed by atoms with Crippen LogP contribution in [-0.4, -0.2) is 52.5 Å². The highest BCUT2D eigenvalue weighted by atomic mass is 19.1. The molecule has 3 N–H and O–H groups in total. The third-order valence-corrected chi connectivity index (χ3v) is 4.92. The first-order valence-corrected chi connectivity index (χ1v) is 13.0. The number of nitrogens with zero attached hydrogens (tertiary/aromatic N) is 3. The fraction of sp³-hybridized carbons (Fsp3) is 0.355. The minimum Gasteiger partial charge on any atom is -0.429 e. The Morgan fingerprint density at radius 2 is 1.82 bits per heavy atom. The van der Waals surface area contributed by atoms with E-state index in [1.54, 1.807) is 30.6 Å². The third kappa shape index (κ3) is 16.5. The molecule has 0 aromatic carbocycles. The molecule has 0 saturated carbocycles. The predicted molar refractivity (Wildman–Crippen MR) is 164 cm³/mol. The van der Waals surface area contributed by atoms with Crippen LogP contribution in [0.25, 0.3) is 17.3 Å². The van der Waals surface area contributed by atoms with Crippen molar-refractivity contribution in [1.29, 1.82) is 10.8 Å². The van der Waals surface area contributed by atoms with Gasteiger partial charge in [0.25, 0.3) is 0 Å². The number of allylic oxidation sites excluding steroid dienone is 4. The molecule has 0 aliphatic carbocycles. The molecule has 0 saturated heterocycles. The lowest BCUT2D eigenvalue weighted by molar-refractivity contribution is 0.451. The quantitative estimate of drug-likeness (QED) is 0.111. The van der Waals surface area contributed by atoms with Gasteiger partial charge in [-0.2, -0.15) is 5.10 Å². The molecule has 2 rings (SSSR count). The van der Waals surface area contributed by atoms with Crippen molar-refractivity contribution in [1.82, 2.24) is 20.1 Å². The summed E-state index contributed by atoms with van der Waals surface area (Å²) in [5, 5.41) is 22.0. The van der Waals surface area contributed by atoms with E-state index in [1.165, 1.54) is 17.7 Å². The van der Waals surface area contributed by atoms with E-state index >= 15 is 0 Å². The van der Waals surface area contributed by atoms with E-state index in [9.17, 15) is 4.39 Å². The van der Waals surface area contributed by atoms with E-state index in [0.717, 1.165) is 41.8 Å². The molecular formula is C31H45FN6O. The topological polar surface area (TPSA) is 102 Å². The molecule has 0 spiro atoms. The number of unbranched alkanes of at least 4 members (excludes halogenated alkanes) is 1. The monoisotopic (exact) mass is 536 g/mol. The van der Waals surface area contributed by atoms with Crippen LogP contribution >= 0.6 is 0 Å². The number of pyridine rings is 1. The summed E-state index contributed by atoms with van der Waals surface area (Å²) in [7, 11) is 3.78. The maximum atomic E-state index is 12.7. The Kier molecular flexibility index (Phi) is 19.0. The average molecular weight is 537 g/mol. The first-order valence-electron chi connectivity index (χ1n) is 13.0.